The third-order valence-corrected chi connectivity index (χ3v) is 6.07. The number of carbonyl (C=O) groups excluding carboxylic acids is 4. The van der Waals surface area contributed by atoms with Crippen molar-refractivity contribution in [2.45, 2.75) is 60.3 Å². The summed E-state index contributed by atoms with van der Waals surface area (Å²) in [5.74, 6) is -2.30. The number of halogens is 4. The molecular formula is C28H45Br4NaO9. The third-order valence-electron chi connectivity index (χ3n) is 3.64. The van der Waals surface area contributed by atoms with E-state index in [9.17, 15) is 19.2 Å². The van der Waals surface area contributed by atoms with Crippen molar-refractivity contribution in [1.29, 1.82) is 0 Å². The normalized spacial score (nSPS) is 8.90. The molecule has 0 radical (unpaired) electrons. The number of alkyl halides is 1. The zero-order chi connectivity index (χ0) is 32.8. The van der Waals surface area contributed by atoms with Crippen LogP contribution in [-0.2, 0) is 42.9 Å². The molecule has 0 N–H and O–H groups in total. The Morgan fingerprint density at radius 1 is 0.619 bits per heavy atom. The molecule has 0 bridgehead atoms. The number of hydrogen-bond acceptors (Lipinski definition) is 9. The maximum atomic E-state index is 11.4. The second-order valence-corrected chi connectivity index (χ2v) is 11.1. The molecule has 9 nitrogen and oxygen atoms in total. The molecular weight excluding hydrogens is 823 g/mol. The Kier molecular flexibility index (Phi) is 44.8. The summed E-state index contributed by atoms with van der Waals surface area (Å²) in [7, 11) is 0. The van der Waals surface area contributed by atoms with E-state index in [0.29, 0.717) is 11.1 Å². The summed E-state index contributed by atoms with van der Waals surface area (Å²) in [6, 6.07) is 0. The van der Waals surface area contributed by atoms with Gasteiger partial charge in [0, 0.05) is 18.2 Å². The quantitative estimate of drug-likeness (QED) is 0.0519. The van der Waals surface area contributed by atoms with Crippen molar-refractivity contribution in [3.05, 3.63) is 45.5 Å². The van der Waals surface area contributed by atoms with Crippen LogP contribution in [0, 0.1) is 5.92 Å². The summed E-state index contributed by atoms with van der Waals surface area (Å²) in [6.07, 6.45) is 1.66. The smallest absolute Gasteiger partial charge is 1.00 e. The first-order valence-corrected chi connectivity index (χ1v) is 16.2. The Morgan fingerprint density at radius 3 is 1.24 bits per heavy atom. The van der Waals surface area contributed by atoms with Gasteiger partial charge >= 0.3 is 53.4 Å². The van der Waals surface area contributed by atoms with Crippen LogP contribution in [0.25, 0.3) is 0 Å². The fourth-order valence-corrected chi connectivity index (χ4v) is 2.59. The zero-order valence-electron chi connectivity index (χ0n) is 26.7. The van der Waals surface area contributed by atoms with Crippen molar-refractivity contribution < 1.29 is 73.8 Å². The van der Waals surface area contributed by atoms with Gasteiger partial charge in [-0.15, -0.1) is 0 Å². The zero-order valence-corrected chi connectivity index (χ0v) is 34.0. The molecule has 0 atom stereocenters. The average molecular weight is 868 g/mol. The van der Waals surface area contributed by atoms with Crippen LogP contribution in [0.15, 0.2) is 45.5 Å². The van der Waals surface area contributed by atoms with Crippen LogP contribution in [0.5, 0.6) is 0 Å². The van der Waals surface area contributed by atoms with E-state index in [2.05, 4.69) is 99.5 Å². The molecule has 0 fully saturated rings. The van der Waals surface area contributed by atoms with E-state index in [0.717, 1.165) is 32.9 Å². The Morgan fingerprint density at radius 2 is 0.976 bits per heavy atom. The van der Waals surface area contributed by atoms with Crippen LogP contribution >= 0.6 is 63.7 Å². The van der Waals surface area contributed by atoms with Gasteiger partial charge < -0.3 is 25.1 Å². The molecule has 0 spiro atoms. The fourth-order valence-electron chi connectivity index (χ4n) is 2.06. The molecule has 0 aromatic rings. The minimum absolute atomic E-state index is 0. The van der Waals surface area contributed by atoms with E-state index in [4.69, 9.17) is 14.2 Å². The number of rotatable bonds is 16. The monoisotopic (exact) mass is 864 g/mol. The van der Waals surface area contributed by atoms with Gasteiger partial charge in [-0.1, -0.05) is 90.0 Å². The maximum Gasteiger partial charge on any atom is 1.00 e. The van der Waals surface area contributed by atoms with Gasteiger partial charge in [0.15, 0.2) is 5.92 Å². The van der Waals surface area contributed by atoms with Gasteiger partial charge in [-0.3, -0.25) is 19.2 Å². The molecule has 0 aromatic heterocycles. The first-order valence-electron chi connectivity index (χ1n) is 12.7. The number of ether oxygens (including phenoxy) is 5. The molecule has 0 amide bonds. The van der Waals surface area contributed by atoms with Gasteiger partial charge in [0.1, 0.15) is 6.42 Å². The topological polar surface area (TPSA) is 114 Å². The van der Waals surface area contributed by atoms with Crippen molar-refractivity contribution >= 4 is 87.6 Å². The summed E-state index contributed by atoms with van der Waals surface area (Å²) in [5.41, 5.74) is 0. The maximum absolute atomic E-state index is 11.4. The first-order chi connectivity index (χ1) is 19.2. The van der Waals surface area contributed by atoms with Crippen molar-refractivity contribution in [3.8, 4) is 0 Å². The van der Waals surface area contributed by atoms with Gasteiger partial charge in [-0.05, 0) is 54.5 Å². The third kappa shape index (κ3) is 41.7. The van der Waals surface area contributed by atoms with E-state index in [-0.39, 0.29) is 70.3 Å². The largest absolute Gasteiger partial charge is 1.00 e. The second-order valence-electron chi connectivity index (χ2n) is 7.20. The fraction of sp³-hybridized carbons (Fsp3) is 0.571. The van der Waals surface area contributed by atoms with Gasteiger partial charge in [-0.25, -0.2) is 0 Å². The van der Waals surface area contributed by atoms with Crippen LogP contribution in [-0.4, -0.2) is 62.2 Å². The summed E-state index contributed by atoms with van der Waals surface area (Å²) in [6.45, 7) is 25.0. The van der Waals surface area contributed by atoms with E-state index >= 15 is 0 Å². The van der Waals surface area contributed by atoms with Crippen molar-refractivity contribution in [1.82, 2.24) is 0 Å². The average Bonchev–Trinajstić information content (AvgIpc) is 2.87. The van der Waals surface area contributed by atoms with E-state index in [1.807, 2.05) is 6.92 Å². The minimum Gasteiger partial charge on any atom is -1.00 e. The van der Waals surface area contributed by atoms with Crippen molar-refractivity contribution in [3.63, 3.8) is 0 Å². The Balaban J connectivity index is -0.000000110. The van der Waals surface area contributed by atoms with Crippen LogP contribution in [0.2, 0.25) is 0 Å². The SMILES string of the molecule is C=C(Br)CBr.C=C(Br)CC(C(=O)OCC)C(=O)OCC.C=C(Br)CCC(=C)OCC.CCOC(=O)CC(=O)OCC.[H-].[Na+]. The molecule has 0 unspecified atom stereocenters. The van der Waals surface area contributed by atoms with E-state index in [1.165, 1.54) is 0 Å². The Labute approximate surface area is 308 Å². The van der Waals surface area contributed by atoms with Crippen LogP contribution < -0.4 is 29.6 Å². The van der Waals surface area contributed by atoms with Gasteiger partial charge in [0.25, 0.3) is 0 Å². The molecule has 0 saturated carbocycles. The predicted molar refractivity (Wildman–Crippen MR) is 178 cm³/mol. The minimum atomic E-state index is -0.920. The second kappa shape index (κ2) is 36.8. The van der Waals surface area contributed by atoms with Crippen LogP contribution in [0.1, 0.15) is 61.7 Å². The van der Waals surface area contributed by atoms with Gasteiger partial charge in [-0.2, -0.15) is 0 Å². The van der Waals surface area contributed by atoms with Crippen molar-refractivity contribution in [2.24, 2.45) is 5.92 Å². The number of esters is 4. The van der Waals surface area contributed by atoms with Crippen LogP contribution in [0.3, 0.4) is 0 Å². The van der Waals surface area contributed by atoms with Crippen LogP contribution in [0.4, 0.5) is 0 Å². The van der Waals surface area contributed by atoms with Crippen molar-refractivity contribution in [2.75, 3.05) is 38.4 Å². The molecule has 42 heavy (non-hydrogen) atoms. The van der Waals surface area contributed by atoms with Gasteiger partial charge in [0.05, 0.1) is 38.8 Å². The summed E-state index contributed by atoms with van der Waals surface area (Å²) in [4.78, 5) is 44.0. The number of allylic oxidation sites excluding steroid dienone is 4. The first kappa shape index (κ1) is 51.2. The predicted octanol–water partition coefficient (Wildman–Crippen LogP) is 5.16. The van der Waals surface area contributed by atoms with Gasteiger partial charge in [0.2, 0.25) is 0 Å². The molecule has 0 aliphatic rings. The molecule has 0 rings (SSSR count). The summed E-state index contributed by atoms with van der Waals surface area (Å²) < 4.78 is 26.3. The summed E-state index contributed by atoms with van der Waals surface area (Å²) >= 11 is 12.7. The molecule has 0 aliphatic heterocycles. The molecule has 0 heterocycles. The Bertz CT molecular complexity index is 794. The standard InChI is InChI=1S/C10H15BrO4.C8H13BrO.C7H12O4.C3H4Br2.Na.H/c1-4-14-9(12)8(6-7(3)11)10(13)15-5-2;1-4-10-8(3)6-5-7(2)9;1-3-10-6(8)5-7(9)11-4-2;1-3(5)2-4;;/h8H,3-6H2,1-2H3;2-6H2,1H3;3-5H2,1-2H3;1-2H2;;/q;;;;+1;-1. The van der Waals surface area contributed by atoms with E-state index < -0.39 is 29.8 Å². The molecule has 14 heteroatoms. The Hall–Kier alpha value is -0.440. The van der Waals surface area contributed by atoms with E-state index in [1.54, 1.807) is 27.7 Å². The number of hydrogen-bond donors (Lipinski definition) is 0. The number of carbonyl (C=O) groups is 4. The molecule has 0 aromatic carbocycles. The molecule has 240 valence electrons. The molecule has 0 saturated heterocycles. The summed E-state index contributed by atoms with van der Waals surface area (Å²) in [5, 5.41) is 0.840. The molecule has 0 aliphatic carbocycles.